The molecule has 0 saturated heterocycles. The molecule has 0 aliphatic rings. The van der Waals surface area contributed by atoms with Crippen molar-refractivity contribution in [2.45, 2.75) is 183 Å². The molecule has 0 spiro atoms. The molecule has 0 heterocycles. The molecule has 4 unspecified atom stereocenters. The number of unbranched alkanes of at least 4 members (excludes halogenated alkanes) is 10. The Morgan fingerprint density at radius 2 is 0.544 bits per heavy atom. The first kappa shape index (κ1) is 57.1. The summed E-state index contributed by atoms with van der Waals surface area (Å²) < 4.78 is 292. The third-order valence-corrected chi connectivity index (χ3v) is 38.6. The molecule has 344 valence electrons. The zero-order valence-electron chi connectivity index (χ0n) is 32.0. The Labute approximate surface area is 328 Å². The SMILES string of the molecule is CCCCCCCC[O][Sn]([O][Sn]([O]CCCCCCCC)([C](F)(F)C(F)(F)C(C)F)[C](F)(F)C(F)(F)C(C)F)([C](F)(F)C(F)(F)C(C)F)[C](F)(F)C(F)(F)C(C)F. The molecule has 57 heavy (non-hydrogen) atoms. The van der Waals surface area contributed by atoms with Gasteiger partial charge in [-0.3, -0.25) is 0 Å². The molecule has 0 saturated carbocycles. The molecule has 0 aromatic rings. The van der Waals surface area contributed by atoms with Gasteiger partial charge in [0.25, 0.3) is 0 Å². The van der Waals surface area contributed by atoms with Crippen molar-refractivity contribution < 1.29 is 95.4 Å². The Kier molecular flexibility index (Phi) is 21.5. The number of hydrogen-bond donors (Lipinski definition) is 0. The van der Waals surface area contributed by atoms with Crippen LogP contribution in [0.5, 0.6) is 0 Å². The molecule has 25 heteroatoms. The summed E-state index contributed by atoms with van der Waals surface area (Å²) in [5.41, 5.74) is 0. The van der Waals surface area contributed by atoms with Crippen molar-refractivity contribution in [3.05, 3.63) is 0 Å². The summed E-state index contributed by atoms with van der Waals surface area (Å²) in [6.45, 7) is -3.18. The van der Waals surface area contributed by atoms with Gasteiger partial charge < -0.3 is 0 Å². The summed E-state index contributed by atoms with van der Waals surface area (Å²) in [6, 6.07) is 0. The normalized spacial score (nSPS) is 18.8. The number of hydrogen-bond acceptors (Lipinski definition) is 3. The third kappa shape index (κ3) is 11.0. The Morgan fingerprint density at radius 3 is 0.737 bits per heavy atom. The summed E-state index contributed by atoms with van der Waals surface area (Å²) in [6.07, 6.45) is -18.9. The Hall–Kier alpha value is 0.0774. The van der Waals surface area contributed by atoms with E-state index in [2.05, 4.69) is 7.56 Å². The molecule has 4 atom stereocenters. The van der Waals surface area contributed by atoms with Gasteiger partial charge in [0, 0.05) is 0 Å². The fraction of sp³-hybridized carbons (Fsp3) is 1.00. The topological polar surface area (TPSA) is 27.7 Å². The van der Waals surface area contributed by atoms with E-state index in [1.54, 1.807) is 13.8 Å². The first-order valence-electron chi connectivity index (χ1n) is 18.2. The van der Waals surface area contributed by atoms with Gasteiger partial charge in [0.15, 0.2) is 0 Å². The first-order valence-corrected chi connectivity index (χ1v) is 28.5. The standard InChI is InChI=1S/2C8H17O.4C4H4F5.O.2Sn/c2*1-2-3-4-5-6-7-8-9;4*1-2(5)4(8,9)3(6)7;;;/h2*2-8H2,1H3;4*2H,1H3;;;/q2*-1;;;;;;2*+1. The Bertz CT molecular complexity index is 1040. The van der Waals surface area contributed by atoms with Crippen molar-refractivity contribution in [3.63, 3.8) is 0 Å². The number of alkyl halides is 20. The van der Waals surface area contributed by atoms with Gasteiger partial charge in [0.05, 0.1) is 0 Å². The van der Waals surface area contributed by atoms with Gasteiger partial charge in [0.1, 0.15) is 0 Å². The average molecular weight is 1100 g/mol. The van der Waals surface area contributed by atoms with Crippen LogP contribution in [0.2, 0.25) is 0 Å². The predicted molar refractivity (Wildman–Crippen MR) is 173 cm³/mol. The average Bonchev–Trinajstić information content (AvgIpc) is 3.08. The van der Waals surface area contributed by atoms with E-state index in [0.29, 0.717) is 25.7 Å². The van der Waals surface area contributed by atoms with E-state index in [-0.39, 0.29) is 25.7 Å². The van der Waals surface area contributed by atoms with E-state index >= 15 is 70.2 Å². The van der Waals surface area contributed by atoms with Crippen molar-refractivity contribution in [1.29, 1.82) is 0 Å². The molecule has 3 nitrogen and oxygen atoms in total. The zero-order chi connectivity index (χ0) is 45.3. The molecule has 0 aliphatic heterocycles. The summed E-state index contributed by atoms with van der Waals surface area (Å²) in [4.78, 5) is 0. The molecule has 0 aromatic heterocycles. The molecular weight excluding hydrogens is 1050 g/mol. The maximum absolute atomic E-state index is 16.4. The second kappa shape index (κ2) is 21.4. The summed E-state index contributed by atoms with van der Waals surface area (Å²) in [5, 5.41) is 0. The van der Waals surface area contributed by atoms with Crippen molar-refractivity contribution in [1.82, 2.24) is 0 Å². The molecule has 0 aromatic carbocycles. The minimum atomic E-state index is -11.2. The van der Waals surface area contributed by atoms with Crippen LogP contribution in [0.15, 0.2) is 0 Å². The third-order valence-electron chi connectivity index (χ3n) is 9.22. The predicted octanol–water partition coefficient (Wildman–Crippen LogP) is 13.3. The maximum atomic E-state index is 16.4. The Balaban J connectivity index is 9.00. The Morgan fingerprint density at radius 1 is 0.351 bits per heavy atom. The summed E-state index contributed by atoms with van der Waals surface area (Å²) in [5.74, 6) is -28.0. The van der Waals surface area contributed by atoms with Gasteiger partial charge in [-0.15, -0.1) is 0 Å². The number of halogens is 20. The monoisotopic (exact) mass is 1100 g/mol. The van der Waals surface area contributed by atoms with Crippen LogP contribution in [0.25, 0.3) is 0 Å². The quantitative estimate of drug-likeness (QED) is 0.0408. The van der Waals surface area contributed by atoms with E-state index in [1.807, 2.05) is 0 Å². The molecule has 0 bridgehead atoms. The molecular formula is C32H50F20O3Sn2. The van der Waals surface area contributed by atoms with Crippen LogP contribution < -0.4 is 0 Å². The van der Waals surface area contributed by atoms with Crippen LogP contribution in [-0.2, 0) is 7.56 Å². The van der Waals surface area contributed by atoms with Gasteiger partial charge in [-0.05, 0) is 0 Å². The number of rotatable bonds is 30. The van der Waals surface area contributed by atoms with E-state index in [0.717, 1.165) is 0 Å². The second-order valence-electron chi connectivity index (χ2n) is 13.8. The molecule has 0 aliphatic carbocycles. The first-order chi connectivity index (χ1) is 25.6. The molecule has 0 fully saturated rings. The fourth-order valence-electron chi connectivity index (χ4n) is 5.35. The molecule has 0 rings (SSSR count). The van der Waals surface area contributed by atoms with E-state index in [4.69, 9.17) is 0 Å². The van der Waals surface area contributed by atoms with Crippen molar-refractivity contribution >= 4 is 38.4 Å². The van der Waals surface area contributed by atoms with Crippen molar-refractivity contribution in [2.75, 3.05) is 13.2 Å². The van der Waals surface area contributed by atoms with Gasteiger partial charge >= 0.3 is 330 Å². The van der Waals surface area contributed by atoms with Crippen LogP contribution in [0.3, 0.4) is 0 Å². The summed E-state index contributed by atoms with van der Waals surface area (Å²) >= 11 is -22.4. The zero-order valence-corrected chi connectivity index (χ0v) is 37.7. The van der Waals surface area contributed by atoms with Crippen LogP contribution in [0, 0.1) is 0 Å². The molecule has 0 amide bonds. The van der Waals surface area contributed by atoms with Crippen LogP contribution in [-0.4, -0.2) is 116 Å². The summed E-state index contributed by atoms with van der Waals surface area (Å²) in [7, 11) is 0. The van der Waals surface area contributed by atoms with Crippen LogP contribution in [0.4, 0.5) is 87.8 Å². The van der Waals surface area contributed by atoms with Gasteiger partial charge in [0.2, 0.25) is 0 Å². The van der Waals surface area contributed by atoms with Crippen LogP contribution >= 0.6 is 0 Å². The van der Waals surface area contributed by atoms with Crippen LogP contribution in [0.1, 0.15) is 119 Å². The van der Waals surface area contributed by atoms with Gasteiger partial charge in [-0.2, -0.15) is 0 Å². The second-order valence-corrected chi connectivity index (χ2v) is 34.2. The minimum absolute atomic E-state index is 0.0232. The van der Waals surface area contributed by atoms with E-state index in [9.17, 15) is 17.6 Å². The molecule has 0 N–H and O–H groups in total. The van der Waals surface area contributed by atoms with E-state index in [1.165, 1.54) is 0 Å². The van der Waals surface area contributed by atoms with Crippen molar-refractivity contribution in [2.24, 2.45) is 0 Å². The molecule has 0 radical (unpaired) electrons. The van der Waals surface area contributed by atoms with Crippen molar-refractivity contribution in [3.8, 4) is 0 Å². The van der Waals surface area contributed by atoms with E-state index < -0.39 is 169 Å². The fourth-order valence-corrected chi connectivity index (χ4v) is 42.2. The van der Waals surface area contributed by atoms with Gasteiger partial charge in [-0.1, -0.05) is 0 Å². The van der Waals surface area contributed by atoms with Gasteiger partial charge in [-0.25, -0.2) is 0 Å².